The summed E-state index contributed by atoms with van der Waals surface area (Å²) in [6, 6.07) is 13.1. The van der Waals surface area contributed by atoms with Crippen molar-refractivity contribution in [1.82, 2.24) is 10.2 Å². The lowest BCUT2D eigenvalue weighted by molar-refractivity contribution is -0.139. The van der Waals surface area contributed by atoms with Crippen molar-refractivity contribution in [3.05, 3.63) is 83.9 Å². The van der Waals surface area contributed by atoms with Gasteiger partial charge in [-0.2, -0.15) is 0 Å². The van der Waals surface area contributed by atoms with Crippen molar-refractivity contribution >= 4 is 27.5 Å². The Kier molecular flexibility index (Phi) is 11.3. The molecule has 3 aromatic carbocycles. The zero-order valence-corrected chi connectivity index (χ0v) is 24.8. The van der Waals surface area contributed by atoms with Crippen LogP contribution in [-0.2, 0) is 26.2 Å². The standard InChI is InChI=1S/C30H35F2N3O6S/c1-5-6-17-33-30(37)21(2)34(19-22-7-9-23(31)10-8-22)29(36)20-35(25-13-11-24(32)12-14-25)42(38,39)26-15-16-27(40-3)28(18-26)41-4/h7-16,18,21H,5-6,17,19-20H2,1-4H3,(H,33,37). The van der Waals surface area contributed by atoms with Crippen LogP contribution in [0.5, 0.6) is 11.5 Å². The van der Waals surface area contributed by atoms with Gasteiger partial charge >= 0.3 is 0 Å². The fourth-order valence-corrected chi connectivity index (χ4v) is 5.58. The maximum Gasteiger partial charge on any atom is 0.264 e. The first-order chi connectivity index (χ1) is 20.0. The van der Waals surface area contributed by atoms with Crippen LogP contribution in [0.3, 0.4) is 0 Å². The number of hydrogen-bond acceptors (Lipinski definition) is 6. The first-order valence-electron chi connectivity index (χ1n) is 13.3. The molecule has 1 N–H and O–H groups in total. The molecule has 0 spiro atoms. The number of ether oxygens (including phenoxy) is 2. The normalized spacial score (nSPS) is 11.9. The van der Waals surface area contributed by atoms with E-state index in [-0.39, 0.29) is 22.9 Å². The summed E-state index contributed by atoms with van der Waals surface area (Å²) in [7, 11) is -1.65. The average Bonchev–Trinajstić information content (AvgIpc) is 2.99. The number of carbonyl (C=O) groups is 2. The monoisotopic (exact) mass is 603 g/mol. The minimum Gasteiger partial charge on any atom is -0.493 e. The largest absolute Gasteiger partial charge is 0.493 e. The maximum absolute atomic E-state index is 14.0. The molecule has 0 heterocycles. The number of hydrogen-bond donors (Lipinski definition) is 1. The Balaban J connectivity index is 2.03. The molecule has 0 aliphatic heterocycles. The Morgan fingerprint density at radius 1 is 0.905 bits per heavy atom. The van der Waals surface area contributed by atoms with Gasteiger partial charge in [0.25, 0.3) is 10.0 Å². The molecule has 2 amide bonds. The van der Waals surface area contributed by atoms with E-state index in [1.165, 1.54) is 80.6 Å². The molecule has 12 heteroatoms. The number of carbonyl (C=O) groups excluding carboxylic acids is 2. The van der Waals surface area contributed by atoms with Crippen molar-refractivity contribution < 1.29 is 36.3 Å². The Hall–Kier alpha value is -4.19. The molecule has 0 bridgehead atoms. The second kappa shape index (κ2) is 14.6. The Labute approximate surface area is 245 Å². The van der Waals surface area contributed by atoms with E-state index in [1.807, 2.05) is 6.92 Å². The highest BCUT2D eigenvalue weighted by Gasteiger charge is 2.33. The van der Waals surface area contributed by atoms with Gasteiger partial charge in [0.1, 0.15) is 24.2 Å². The molecule has 42 heavy (non-hydrogen) atoms. The summed E-state index contributed by atoms with van der Waals surface area (Å²) in [5, 5.41) is 2.79. The van der Waals surface area contributed by atoms with E-state index in [0.29, 0.717) is 17.9 Å². The van der Waals surface area contributed by atoms with Gasteiger partial charge in [0.2, 0.25) is 11.8 Å². The molecule has 3 aromatic rings. The van der Waals surface area contributed by atoms with Crippen LogP contribution in [0.25, 0.3) is 0 Å². The minimum atomic E-state index is -4.42. The lowest BCUT2D eigenvalue weighted by atomic mass is 10.1. The number of rotatable bonds is 14. The predicted octanol–water partition coefficient (Wildman–Crippen LogP) is 4.51. The molecule has 1 atom stereocenters. The molecule has 0 radical (unpaired) electrons. The van der Waals surface area contributed by atoms with Crippen LogP contribution in [-0.4, -0.2) is 58.5 Å². The summed E-state index contributed by atoms with van der Waals surface area (Å²) in [5.74, 6) is -1.73. The average molecular weight is 604 g/mol. The fraction of sp³-hybridized carbons (Fsp3) is 0.333. The van der Waals surface area contributed by atoms with Crippen LogP contribution < -0.4 is 19.1 Å². The van der Waals surface area contributed by atoms with E-state index < -0.39 is 46.1 Å². The lowest BCUT2D eigenvalue weighted by Gasteiger charge is -2.32. The third-order valence-corrected chi connectivity index (χ3v) is 8.37. The number of benzene rings is 3. The van der Waals surface area contributed by atoms with E-state index >= 15 is 0 Å². The molecule has 1 unspecified atom stereocenters. The van der Waals surface area contributed by atoms with Gasteiger partial charge in [-0.05, 0) is 67.4 Å². The second-order valence-corrected chi connectivity index (χ2v) is 11.3. The summed E-state index contributed by atoms with van der Waals surface area (Å²) < 4.78 is 66.6. The van der Waals surface area contributed by atoms with Gasteiger partial charge in [0.15, 0.2) is 11.5 Å². The number of unbranched alkanes of at least 4 members (excludes halogenated alkanes) is 1. The van der Waals surface area contributed by atoms with Crippen LogP contribution >= 0.6 is 0 Å². The Morgan fingerprint density at radius 2 is 1.50 bits per heavy atom. The lowest BCUT2D eigenvalue weighted by Crippen LogP contribution is -2.51. The second-order valence-electron chi connectivity index (χ2n) is 9.47. The van der Waals surface area contributed by atoms with Crippen molar-refractivity contribution in [2.24, 2.45) is 0 Å². The SMILES string of the molecule is CCCCNC(=O)C(C)N(Cc1ccc(F)cc1)C(=O)CN(c1ccc(F)cc1)S(=O)(=O)c1ccc(OC)c(OC)c1. The van der Waals surface area contributed by atoms with E-state index in [9.17, 15) is 26.8 Å². The highest BCUT2D eigenvalue weighted by atomic mass is 32.2. The molecule has 0 aliphatic carbocycles. The molecule has 9 nitrogen and oxygen atoms in total. The highest BCUT2D eigenvalue weighted by Crippen LogP contribution is 2.32. The third kappa shape index (κ3) is 7.96. The van der Waals surface area contributed by atoms with Crippen LogP contribution in [0.15, 0.2) is 71.6 Å². The summed E-state index contributed by atoms with van der Waals surface area (Å²) in [4.78, 5) is 27.9. The molecule has 0 fully saturated rings. The molecule has 0 saturated heterocycles. The van der Waals surface area contributed by atoms with Gasteiger partial charge in [-0.25, -0.2) is 17.2 Å². The number of amides is 2. The quantitative estimate of drug-likeness (QED) is 0.272. The van der Waals surface area contributed by atoms with Crippen LogP contribution in [0.1, 0.15) is 32.3 Å². The summed E-state index contributed by atoms with van der Waals surface area (Å²) in [6.45, 7) is 3.12. The Bertz CT molecular complexity index is 1470. The maximum atomic E-state index is 14.0. The van der Waals surface area contributed by atoms with Crippen LogP contribution in [0.4, 0.5) is 14.5 Å². The van der Waals surface area contributed by atoms with E-state index in [1.54, 1.807) is 0 Å². The van der Waals surface area contributed by atoms with Crippen molar-refractivity contribution in [2.75, 3.05) is 31.6 Å². The molecule has 226 valence electrons. The topological polar surface area (TPSA) is 105 Å². The summed E-state index contributed by atoms with van der Waals surface area (Å²) in [5.41, 5.74) is 0.565. The number of sulfonamides is 1. The summed E-state index contributed by atoms with van der Waals surface area (Å²) >= 11 is 0. The Morgan fingerprint density at radius 3 is 2.07 bits per heavy atom. The first-order valence-corrected chi connectivity index (χ1v) is 14.8. The first kappa shape index (κ1) is 32.3. The van der Waals surface area contributed by atoms with E-state index in [0.717, 1.165) is 29.3 Å². The number of methoxy groups -OCH3 is 2. The number of nitrogens with one attached hydrogen (secondary N) is 1. The van der Waals surface area contributed by atoms with Gasteiger partial charge in [-0.1, -0.05) is 25.5 Å². The number of anilines is 1. The third-order valence-electron chi connectivity index (χ3n) is 6.60. The zero-order valence-electron chi connectivity index (χ0n) is 24.0. The van der Waals surface area contributed by atoms with Gasteiger partial charge in [0, 0.05) is 19.2 Å². The van der Waals surface area contributed by atoms with Crippen LogP contribution in [0.2, 0.25) is 0 Å². The fourth-order valence-electron chi connectivity index (χ4n) is 4.15. The molecular weight excluding hydrogens is 568 g/mol. The van der Waals surface area contributed by atoms with Gasteiger partial charge in [-0.15, -0.1) is 0 Å². The molecule has 0 aliphatic rings. The molecule has 3 rings (SSSR count). The van der Waals surface area contributed by atoms with Gasteiger partial charge in [0.05, 0.1) is 24.8 Å². The molecular formula is C30H35F2N3O6S. The zero-order chi connectivity index (χ0) is 30.9. The van der Waals surface area contributed by atoms with Crippen molar-refractivity contribution in [3.63, 3.8) is 0 Å². The van der Waals surface area contributed by atoms with E-state index in [2.05, 4.69) is 5.32 Å². The van der Waals surface area contributed by atoms with E-state index in [4.69, 9.17) is 9.47 Å². The van der Waals surface area contributed by atoms with Gasteiger partial charge < -0.3 is 19.7 Å². The highest BCUT2D eigenvalue weighted by molar-refractivity contribution is 7.92. The number of halogens is 2. The van der Waals surface area contributed by atoms with Crippen molar-refractivity contribution in [1.29, 1.82) is 0 Å². The van der Waals surface area contributed by atoms with Gasteiger partial charge in [-0.3, -0.25) is 13.9 Å². The predicted molar refractivity (Wildman–Crippen MR) is 155 cm³/mol. The van der Waals surface area contributed by atoms with Crippen LogP contribution in [0, 0.1) is 11.6 Å². The van der Waals surface area contributed by atoms with Crippen molar-refractivity contribution in [3.8, 4) is 11.5 Å². The van der Waals surface area contributed by atoms with Crippen molar-refractivity contribution in [2.45, 2.75) is 44.2 Å². The number of nitrogens with zero attached hydrogens (tertiary/aromatic N) is 2. The summed E-state index contributed by atoms with van der Waals surface area (Å²) in [6.07, 6.45) is 1.60. The smallest absolute Gasteiger partial charge is 0.264 e. The molecule has 0 aromatic heterocycles. The minimum absolute atomic E-state index is 0.0290. The molecule has 0 saturated carbocycles.